The van der Waals surface area contributed by atoms with Gasteiger partial charge in [0.15, 0.2) is 0 Å². The molecule has 0 aliphatic carbocycles. The minimum absolute atomic E-state index is 0.0187. The van der Waals surface area contributed by atoms with Gasteiger partial charge in [-0.25, -0.2) is 0 Å². The Kier molecular flexibility index (Phi) is 4.56. The highest BCUT2D eigenvalue weighted by molar-refractivity contribution is 5.94. The summed E-state index contributed by atoms with van der Waals surface area (Å²) < 4.78 is 0. The molecule has 1 aromatic rings. The molecule has 1 aromatic carbocycles. The summed E-state index contributed by atoms with van der Waals surface area (Å²) in [5.74, 6) is 5.72. The first-order chi connectivity index (χ1) is 9.20. The molecule has 1 heterocycles. The maximum atomic E-state index is 12.2. The molecule has 0 spiro atoms. The Morgan fingerprint density at radius 3 is 2.53 bits per heavy atom. The maximum Gasteiger partial charge on any atom is 0.253 e. The minimum atomic E-state index is -0.266. The van der Waals surface area contributed by atoms with Gasteiger partial charge in [0.2, 0.25) is 0 Å². The van der Waals surface area contributed by atoms with E-state index in [2.05, 4.69) is 11.8 Å². The minimum Gasteiger partial charge on any atom is -0.393 e. The lowest BCUT2D eigenvalue weighted by Gasteiger charge is -2.29. The first-order valence-corrected chi connectivity index (χ1v) is 6.47. The second-order valence-electron chi connectivity index (χ2n) is 4.61. The van der Waals surface area contributed by atoms with E-state index in [-0.39, 0.29) is 12.0 Å². The zero-order valence-corrected chi connectivity index (χ0v) is 10.8. The van der Waals surface area contributed by atoms with Crippen LogP contribution in [0.15, 0.2) is 24.3 Å². The Hall–Kier alpha value is -1.83. The van der Waals surface area contributed by atoms with Crippen molar-refractivity contribution in [2.45, 2.75) is 18.9 Å². The van der Waals surface area contributed by atoms with E-state index in [0.29, 0.717) is 38.0 Å². The van der Waals surface area contributed by atoms with E-state index < -0.39 is 0 Å². The molecule has 0 aromatic heterocycles. The Bertz CT molecular complexity index is 491. The summed E-state index contributed by atoms with van der Waals surface area (Å²) in [5, 5.41) is 9.43. The number of hydrogen-bond acceptors (Lipinski definition) is 3. The van der Waals surface area contributed by atoms with Gasteiger partial charge in [-0.05, 0) is 37.1 Å². The second kappa shape index (κ2) is 6.37. The number of rotatable bonds is 1. The van der Waals surface area contributed by atoms with Crippen molar-refractivity contribution in [1.82, 2.24) is 4.90 Å². The summed E-state index contributed by atoms with van der Waals surface area (Å²) in [6, 6.07) is 7.23. The van der Waals surface area contributed by atoms with Gasteiger partial charge in [0, 0.05) is 24.2 Å². The molecule has 4 nitrogen and oxygen atoms in total. The first-order valence-electron chi connectivity index (χ1n) is 6.47. The molecular formula is C15H18N2O2. The molecule has 1 saturated heterocycles. The van der Waals surface area contributed by atoms with Gasteiger partial charge in [-0.1, -0.05) is 11.8 Å². The molecule has 0 saturated carbocycles. The molecular weight excluding hydrogens is 240 g/mol. The van der Waals surface area contributed by atoms with Gasteiger partial charge >= 0.3 is 0 Å². The number of carbonyl (C=O) groups excluding carboxylic acids is 1. The third-order valence-corrected chi connectivity index (χ3v) is 3.22. The molecule has 1 aliphatic rings. The number of benzene rings is 1. The van der Waals surface area contributed by atoms with Crippen molar-refractivity contribution in [2.75, 3.05) is 19.6 Å². The van der Waals surface area contributed by atoms with Crippen LogP contribution in [0.3, 0.4) is 0 Å². The van der Waals surface area contributed by atoms with Gasteiger partial charge < -0.3 is 15.7 Å². The lowest BCUT2D eigenvalue weighted by atomic mass is 10.1. The molecule has 4 heteroatoms. The van der Waals surface area contributed by atoms with Crippen LogP contribution < -0.4 is 5.73 Å². The number of nitrogens with two attached hydrogens (primary N) is 1. The predicted octanol–water partition coefficient (Wildman–Crippen LogP) is 0.594. The van der Waals surface area contributed by atoms with Crippen LogP contribution in [0.4, 0.5) is 0 Å². The quantitative estimate of drug-likeness (QED) is 0.725. The topological polar surface area (TPSA) is 66.6 Å². The highest BCUT2D eigenvalue weighted by atomic mass is 16.3. The van der Waals surface area contributed by atoms with Crippen LogP contribution in [0.25, 0.3) is 0 Å². The summed E-state index contributed by atoms with van der Waals surface area (Å²) in [5.41, 5.74) is 6.83. The summed E-state index contributed by atoms with van der Waals surface area (Å²) in [7, 11) is 0. The van der Waals surface area contributed by atoms with E-state index in [9.17, 15) is 9.90 Å². The van der Waals surface area contributed by atoms with Gasteiger partial charge in [0.05, 0.1) is 12.6 Å². The van der Waals surface area contributed by atoms with Crippen molar-refractivity contribution >= 4 is 5.91 Å². The normalized spacial score (nSPS) is 15.8. The number of aliphatic hydroxyl groups is 1. The van der Waals surface area contributed by atoms with E-state index in [1.807, 2.05) is 12.1 Å². The average molecular weight is 258 g/mol. The average Bonchev–Trinajstić information content (AvgIpc) is 2.46. The SMILES string of the molecule is NCC#Cc1ccc(C(=O)N2CCC(O)CC2)cc1. The number of carbonyl (C=O) groups is 1. The number of amides is 1. The molecule has 3 N–H and O–H groups in total. The summed E-state index contributed by atoms with van der Waals surface area (Å²) in [6.07, 6.45) is 1.05. The molecule has 19 heavy (non-hydrogen) atoms. The maximum absolute atomic E-state index is 12.2. The Balaban J connectivity index is 2.03. The largest absolute Gasteiger partial charge is 0.393 e. The third-order valence-electron chi connectivity index (χ3n) is 3.22. The lowest BCUT2D eigenvalue weighted by Crippen LogP contribution is -2.40. The van der Waals surface area contributed by atoms with Crippen molar-refractivity contribution in [3.63, 3.8) is 0 Å². The van der Waals surface area contributed by atoms with Crippen molar-refractivity contribution in [3.05, 3.63) is 35.4 Å². The van der Waals surface area contributed by atoms with Crippen LogP contribution in [-0.4, -0.2) is 41.7 Å². The fourth-order valence-electron chi connectivity index (χ4n) is 2.10. The molecule has 2 rings (SSSR count). The molecule has 0 unspecified atom stereocenters. The monoisotopic (exact) mass is 258 g/mol. The molecule has 0 bridgehead atoms. The first kappa shape index (κ1) is 13.6. The van der Waals surface area contributed by atoms with E-state index in [4.69, 9.17) is 5.73 Å². The smallest absolute Gasteiger partial charge is 0.253 e. The van der Waals surface area contributed by atoms with Gasteiger partial charge in [0.25, 0.3) is 5.91 Å². The molecule has 100 valence electrons. The number of aliphatic hydroxyl groups excluding tert-OH is 1. The molecule has 1 fully saturated rings. The standard InChI is InChI=1S/C15H18N2O2/c16-9-1-2-12-3-5-13(6-4-12)15(19)17-10-7-14(18)8-11-17/h3-6,14,18H,7-11,16H2. The summed E-state index contributed by atoms with van der Waals surface area (Å²) in [6.45, 7) is 1.57. The molecule has 1 aliphatic heterocycles. The molecule has 1 amide bonds. The Morgan fingerprint density at radius 1 is 1.32 bits per heavy atom. The Labute approximate surface area is 113 Å². The van der Waals surface area contributed by atoms with Gasteiger partial charge in [0.1, 0.15) is 0 Å². The van der Waals surface area contributed by atoms with Gasteiger partial charge in [-0.3, -0.25) is 4.79 Å². The van der Waals surface area contributed by atoms with Gasteiger partial charge in [-0.15, -0.1) is 0 Å². The van der Waals surface area contributed by atoms with Crippen molar-refractivity contribution in [3.8, 4) is 11.8 Å². The summed E-state index contributed by atoms with van der Waals surface area (Å²) in [4.78, 5) is 14.0. The third kappa shape index (κ3) is 3.57. The van der Waals surface area contributed by atoms with Crippen LogP contribution in [-0.2, 0) is 0 Å². The van der Waals surface area contributed by atoms with Crippen LogP contribution >= 0.6 is 0 Å². The van der Waals surface area contributed by atoms with Gasteiger partial charge in [-0.2, -0.15) is 0 Å². The van der Waals surface area contributed by atoms with E-state index in [1.165, 1.54) is 0 Å². The fraction of sp³-hybridized carbons (Fsp3) is 0.400. The zero-order valence-electron chi connectivity index (χ0n) is 10.8. The van der Waals surface area contributed by atoms with Crippen LogP contribution in [0.2, 0.25) is 0 Å². The second-order valence-corrected chi connectivity index (χ2v) is 4.61. The van der Waals surface area contributed by atoms with Crippen molar-refractivity contribution in [2.24, 2.45) is 5.73 Å². The fourth-order valence-corrected chi connectivity index (χ4v) is 2.10. The van der Waals surface area contributed by atoms with E-state index >= 15 is 0 Å². The highest BCUT2D eigenvalue weighted by Crippen LogP contribution is 2.14. The summed E-state index contributed by atoms with van der Waals surface area (Å²) >= 11 is 0. The lowest BCUT2D eigenvalue weighted by molar-refractivity contribution is 0.0546. The van der Waals surface area contributed by atoms with Crippen LogP contribution in [0.5, 0.6) is 0 Å². The molecule has 0 atom stereocenters. The number of likely N-dealkylation sites (tertiary alicyclic amines) is 1. The molecule has 0 radical (unpaired) electrons. The van der Waals surface area contributed by atoms with E-state index in [0.717, 1.165) is 5.56 Å². The Morgan fingerprint density at radius 2 is 1.95 bits per heavy atom. The van der Waals surface area contributed by atoms with E-state index in [1.54, 1.807) is 17.0 Å². The van der Waals surface area contributed by atoms with Crippen LogP contribution in [0.1, 0.15) is 28.8 Å². The number of nitrogens with zero attached hydrogens (tertiary/aromatic N) is 1. The number of hydrogen-bond donors (Lipinski definition) is 2. The van der Waals surface area contributed by atoms with Crippen LogP contribution in [0, 0.1) is 11.8 Å². The van der Waals surface area contributed by atoms with Crippen molar-refractivity contribution < 1.29 is 9.90 Å². The predicted molar refractivity (Wildman–Crippen MR) is 73.5 cm³/mol. The van der Waals surface area contributed by atoms with Crippen molar-refractivity contribution in [1.29, 1.82) is 0 Å². The number of piperidine rings is 1. The zero-order chi connectivity index (χ0) is 13.7. The highest BCUT2D eigenvalue weighted by Gasteiger charge is 2.21.